The first-order valence-corrected chi connectivity index (χ1v) is 9.15. The zero-order valence-electron chi connectivity index (χ0n) is 13.2. The second kappa shape index (κ2) is 6.37. The van der Waals surface area contributed by atoms with Crippen LogP contribution >= 0.6 is 23.1 Å². The number of hydrogen-bond donors (Lipinski definition) is 1. The summed E-state index contributed by atoms with van der Waals surface area (Å²) in [7, 11) is 1.81. The lowest BCUT2D eigenvalue weighted by atomic mass is 10.1. The van der Waals surface area contributed by atoms with Gasteiger partial charge in [-0.25, -0.2) is 0 Å². The average molecular weight is 346 g/mol. The van der Waals surface area contributed by atoms with Gasteiger partial charge in [0.05, 0.1) is 17.0 Å². The zero-order valence-corrected chi connectivity index (χ0v) is 14.8. The van der Waals surface area contributed by atoms with Gasteiger partial charge in [-0.1, -0.05) is 6.07 Å². The van der Waals surface area contributed by atoms with Gasteiger partial charge in [0.1, 0.15) is 0 Å². The standard InChI is InChI=1S/C17H18N2O2S2/c1-10(14-5-4-8-22-14)19(3)17(21)12-6-7-15-13(9-12)18-16(20)11(2)23-15/h4-11H,1-3H3,(H,18,20)/t10-,11-/m0/s1. The highest BCUT2D eigenvalue weighted by Crippen LogP contribution is 2.36. The molecule has 0 fully saturated rings. The van der Waals surface area contributed by atoms with Crippen LogP contribution in [0, 0.1) is 0 Å². The Hall–Kier alpha value is -1.79. The zero-order chi connectivity index (χ0) is 16.6. The molecule has 0 radical (unpaired) electrons. The fourth-order valence-electron chi connectivity index (χ4n) is 2.44. The highest BCUT2D eigenvalue weighted by Gasteiger charge is 2.25. The maximum atomic E-state index is 12.7. The number of carbonyl (C=O) groups excluding carboxylic acids is 2. The quantitative estimate of drug-likeness (QED) is 0.913. The molecular formula is C17H18N2O2S2. The number of nitrogens with one attached hydrogen (secondary N) is 1. The molecule has 120 valence electrons. The van der Waals surface area contributed by atoms with Crippen molar-refractivity contribution in [3.8, 4) is 0 Å². The fourth-order valence-corrected chi connectivity index (χ4v) is 4.20. The third kappa shape index (κ3) is 3.14. The number of carbonyl (C=O) groups is 2. The predicted molar refractivity (Wildman–Crippen MR) is 95.2 cm³/mol. The lowest BCUT2D eigenvalue weighted by Crippen LogP contribution is -2.30. The van der Waals surface area contributed by atoms with Gasteiger partial charge in [-0.2, -0.15) is 0 Å². The molecule has 6 heteroatoms. The van der Waals surface area contributed by atoms with E-state index in [4.69, 9.17) is 0 Å². The van der Waals surface area contributed by atoms with Gasteiger partial charge in [-0.05, 0) is 43.5 Å². The molecule has 1 N–H and O–H groups in total. The molecule has 1 aliphatic heterocycles. The van der Waals surface area contributed by atoms with Crippen molar-refractivity contribution in [3.05, 3.63) is 46.2 Å². The predicted octanol–water partition coefficient (Wildman–Crippen LogP) is 4.01. The van der Waals surface area contributed by atoms with E-state index in [1.165, 1.54) is 11.8 Å². The van der Waals surface area contributed by atoms with Gasteiger partial charge in [0.2, 0.25) is 5.91 Å². The number of nitrogens with zero attached hydrogens (tertiary/aromatic N) is 1. The maximum Gasteiger partial charge on any atom is 0.254 e. The molecule has 0 aliphatic carbocycles. The van der Waals surface area contributed by atoms with Crippen LogP contribution in [0.5, 0.6) is 0 Å². The Morgan fingerprint density at radius 1 is 1.35 bits per heavy atom. The van der Waals surface area contributed by atoms with E-state index in [0.717, 1.165) is 15.5 Å². The monoisotopic (exact) mass is 346 g/mol. The summed E-state index contributed by atoms with van der Waals surface area (Å²) in [6.45, 7) is 3.89. The second-order valence-electron chi connectivity index (χ2n) is 5.57. The molecule has 0 saturated carbocycles. The highest BCUT2D eigenvalue weighted by molar-refractivity contribution is 8.00. The van der Waals surface area contributed by atoms with Crippen LogP contribution in [0.3, 0.4) is 0 Å². The summed E-state index contributed by atoms with van der Waals surface area (Å²) in [5, 5.41) is 4.78. The number of thioether (sulfide) groups is 1. The largest absolute Gasteiger partial charge is 0.334 e. The van der Waals surface area contributed by atoms with E-state index in [9.17, 15) is 9.59 Å². The lowest BCUT2D eigenvalue weighted by molar-refractivity contribution is -0.115. The summed E-state index contributed by atoms with van der Waals surface area (Å²) in [6, 6.07) is 9.54. The summed E-state index contributed by atoms with van der Waals surface area (Å²) < 4.78 is 0. The molecule has 0 bridgehead atoms. The molecule has 2 amide bonds. The van der Waals surface area contributed by atoms with Crippen LogP contribution in [0.1, 0.15) is 35.1 Å². The number of hydrogen-bond acceptors (Lipinski definition) is 4. The number of benzene rings is 1. The second-order valence-corrected chi connectivity index (χ2v) is 7.93. The molecule has 3 rings (SSSR count). The summed E-state index contributed by atoms with van der Waals surface area (Å²) in [5.74, 6) is -0.0704. The van der Waals surface area contributed by atoms with Crippen molar-refractivity contribution in [3.63, 3.8) is 0 Å². The summed E-state index contributed by atoms with van der Waals surface area (Å²) >= 11 is 3.16. The van der Waals surface area contributed by atoms with Gasteiger partial charge in [-0.3, -0.25) is 9.59 Å². The van der Waals surface area contributed by atoms with Gasteiger partial charge in [0.15, 0.2) is 0 Å². The van der Waals surface area contributed by atoms with E-state index >= 15 is 0 Å². The first kappa shape index (κ1) is 16.1. The van der Waals surface area contributed by atoms with Crippen molar-refractivity contribution >= 4 is 40.6 Å². The number of amides is 2. The molecule has 2 aromatic rings. The van der Waals surface area contributed by atoms with Crippen LogP contribution in [-0.4, -0.2) is 29.0 Å². The van der Waals surface area contributed by atoms with Gasteiger partial charge in [0.25, 0.3) is 5.91 Å². The Bertz CT molecular complexity index is 743. The SMILES string of the molecule is C[C@@H]1Sc2ccc(C(=O)N(C)[C@@H](C)c3cccs3)cc2NC1=O. The molecule has 2 atom stereocenters. The van der Waals surface area contributed by atoms with Crippen molar-refractivity contribution in [2.75, 3.05) is 12.4 Å². The molecule has 0 spiro atoms. The Balaban J connectivity index is 1.83. The molecular weight excluding hydrogens is 328 g/mol. The van der Waals surface area contributed by atoms with Crippen LogP contribution in [0.25, 0.3) is 0 Å². The van der Waals surface area contributed by atoms with Gasteiger partial charge in [-0.15, -0.1) is 23.1 Å². The minimum Gasteiger partial charge on any atom is -0.334 e. The number of thiophene rings is 1. The lowest BCUT2D eigenvalue weighted by Gasteiger charge is -2.26. The normalized spacial score (nSPS) is 18.0. The van der Waals surface area contributed by atoms with Crippen molar-refractivity contribution in [1.82, 2.24) is 4.90 Å². The van der Waals surface area contributed by atoms with Crippen LogP contribution in [-0.2, 0) is 4.79 Å². The summed E-state index contributed by atoms with van der Waals surface area (Å²) in [4.78, 5) is 28.4. The molecule has 4 nitrogen and oxygen atoms in total. The Kier molecular flexibility index (Phi) is 4.46. The van der Waals surface area contributed by atoms with Gasteiger partial charge < -0.3 is 10.2 Å². The van der Waals surface area contributed by atoms with Crippen LogP contribution < -0.4 is 5.32 Å². The van der Waals surface area contributed by atoms with E-state index < -0.39 is 0 Å². The third-order valence-electron chi connectivity index (χ3n) is 4.01. The highest BCUT2D eigenvalue weighted by atomic mass is 32.2. The molecule has 0 saturated heterocycles. The molecule has 2 heterocycles. The van der Waals surface area contributed by atoms with E-state index in [2.05, 4.69) is 5.32 Å². The smallest absolute Gasteiger partial charge is 0.254 e. The molecule has 23 heavy (non-hydrogen) atoms. The van der Waals surface area contributed by atoms with Gasteiger partial charge in [0, 0.05) is 22.4 Å². The fraction of sp³-hybridized carbons (Fsp3) is 0.294. The summed E-state index contributed by atoms with van der Waals surface area (Å²) in [6.07, 6.45) is 0. The number of fused-ring (bicyclic) bond motifs is 1. The number of rotatable bonds is 3. The molecule has 1 aromatic carbocycles. The van der Waals surface area contributed by atoms with Gasteiger partial charge >= 0.3 is 0 Å². The van der Waals surface area contributed by atoms with Crippen molar-refractivity contribution in [1.29, 1.82) is 0 Å². The molecule has 1 aromatic heterocycles. The first-order valence-electron chi connectivity index (χ1n) is 7.39. The maximum absolute atomic E-state index is 12.7. The minimum absolute atomic E-state index is 0.0162. The number of anilines is 1. The Morgan fingerprint density at radius 2 is 2.13 bits per heavy atom. The van der Waals surface area contributed by atoms with Crippen LogP contribution in [0.2, 0.25) is 0 Å². The van der Waals surface area contributed by atoms with Crippen molar-refractivity contribution in [2.24, 2.45) is 0 Å². The Labute approximate surface area is 143 Å². The van der Waals surface area contributed by atoms with Crippen LogP contribution in [0.15, 0.2) is 40.6 Å². The van der Waals surface area contributed by atoms with E-state index in [-0.39, 0.29) is 23.1 Å². The van der Waals surface area contributed by atoms with Crippen molar-refractivity contribution in [2.45, 2.75) is 30.0 Å². The Morgan fingerprint density at radius 3 is 2.83 bits per heavy atom. The third-order valence-corrected chi connectivity index (χ3v) is 6.23. The molecule has 0 unspecified atom stereocenters. The van der Waals surface area contributed by atoms with Crippen LogP contribution in [0.4, 0.5) is 5.69 Å². The van der Waals surface area contributed by atoms with E-state index in [1.807, 2.05) is 50.5 Å². The van der Waals surface area contributed by atoms with E-state index in [0.29, 0.717) is 5.56 Å². The van der Waals surface area contributed by atoms with E-state index in [1.54, 1.807) is 22.3 Å². The minimum atomic E-state index is -0.106. The van der Waals surface area contributed by atoms with Crippen molar-refractivity contribution < 1.29 is 9.59 Å². The first-order chi connectivity index (χ1) is 11.0. The molecule has 1 aliphatic rings. The summed E-state index contributed by atoms with van der Waals surface area (Å²) in [5.41, 5.74) is 1.31. The average Bonchev–Trinajstić information content (AvgIpc) is 3.08. The topological polar surface area (TPSA) is 49.4 Å².